The molecule has 1 aliphatic carbocycles. The maximum Gasteiger partial charge on any atom is 0.514 e. The third kappa shape index (κ3) is 19.2. The van der Waals surface area contributed by atoms with Gasteiger partial charge in [0.2, 0.25) is 0 Å². The number of carbonyl (C=O) groups is 5. The van der Waals surface area contributed by atoms with Crippen LogP contribution in [0.3, 0.4) is 0 Å². The van der Waals surface area contributed by atoms with Gasteiger partial charge in [0.05, 0.1) is 27.6 Å². The van der Waals surface area contributed by atoms with Crippen LogP contribution in [0.1, 0.15) is 107 Å². The van der Waals surface area contributed by atoms with Gasteiger partial charge in [0.15, 0.2) is 52.8 Å². The number of ether oxygens (including phenoxy) is 5. The van der Waals surface area contributed by atoms with E-state index in [-0.39, 0.29) is 38.7 Å². The average molecular weight is 1370 g/mol. The number of halogens is 8. The molecule has 0 N–H and O–H groups in total. The fourth-order valence-electron chi connectivity index (χ4n) is 10.1. The van der Waals surface area contributed by atoms with Crippen molar-refractivity contribution in [2.45, 2.75) is 137 Å². The summed E-state index contributed by atoms with van der Waals surface area (Å²) in [6, 6.07) is 65.3. The summed E-state index contributed by atoms with van der Waals surface area (Å²) in [5.74, 6) is -21.4. The van der Waals surface area contributed by atoms with Crippen LogP contribution in [0, 0.1) is 17.7 Å². The van der Waals surface area contributed by atoms with E-state index in [9.17, 15) is 69.3 Å². The number of fused-ring (bicyclic) bond motifs is 3. The number of hydrogen-bond acceptors (Lipinski definition) is 12. The van der Waals surface area contributed by atoms with E-state index in [4.69, 9.17) is 9.47 Å². The molecule has 1 heterocycles. The number of carbonyl (C=O) groups excluding carboxylic acids is 5. The molecule has 0 aliphatic heterocycles. The lowest BCUT2D eigenvalue weighted by atomic mass is 10.0. The van der Waals surface area contributed by atoms with Gasteiger partial charge in [-0.1, -0.05) is 125 Å². The predicted molar refractivity (Wildman–Crippen MR) is 347 cm³/mol. The molecule has 22 heteroatoms. The Morgan fingerprint density at radius 1 is 0.510 bits per heavy atom. The van der Waals surface area contributed by atoms with Crippen LogP contribution >= 0.6 is 10.5 Å². The second-order valence-corrected chi connectivity index (χ2v) is 28.0. The van der Waals surface area contributed by atoms with Crippen molar-refractivity contribution in [1.29, 1.82) is 0 Å². The number of aliphatic carboxylic acids is 2. The molecule has 1 aromatic heterocycles. The Morgan fingerprint density at radius 3 is 1.26 bits per heavy atom. The van der Waals surface area contributed by atoms with Gasteiger partial charge in [0.25, 0.3) is 0 Å². The van der Waals surface area contributed by atoms with Crippen LogP contribution in [0.15, 0.2) is 221 Å². The van der Waals surface area contributed by atoms with E-state index in [1.165, 1.54) is 86.5 Å². The maximum absolute atomic E-state index is 14.3. The van der Waals surface area contributed by atoms with E-state index in [2.05, 4.69) is 184 Å². The molecule has 506 valence electrons. The SMILES string of the molecule is CC(C)C(OC(=O)c1ccc(OC(=O)OC(C)(C)C)c(C(F)(F)F)c1)C(F)(F)C(=O)[O-].CC(C)C(OC(=O)c1ccc(OC2(C)CCCC2)c(F)c1)C(F)(F)C(=O)[O-].c1ccc(-[s+]2c3ccccc3c3ccccc32)cc1.c1ccc([S+](c2ccccc2)c2ccccc2)cc1. The highest BCUT2D eigenvalue weighted by molar-refractivity contribution is 7.97. The molecule has 2 unspecified atom stereocenters. The fourth-order valence-corrected chi connectivity index (χ4v) is 14.6. The van der Waals surface area contributed by atoms with Crippen molar-refractivity contribution in [2.75, 3.05) is 0 Å². The summed E-state index contributed by atoms with van der Waals surface area (Å²) in [4.78, 5) is 62.7. The third-order valence-corrected chi connectivity index (χ3v) is 19.2. The Hall–Kier alpha value is -9.28. The molecule has 96 heavy (non-hydrogen) atoms. The first-order valence-electron chi connectivity index (χ1n) is 30.3. The Balaban J connectivity index is 0.000000184. The van der Waals surface area contributed by atoms with Crippen LogP contribution in [-0.4, -0.2) is 65.3 Å². The van der Waals surface area contributed by atoms with Crippen molar-refractivity contribution in [1.82, 2.24) is 0 Å². The van der Waals surface area contributed by atoms with Gasteiger partial charge in [-0.3, -0.25) is 0 Å². The number of thiophene rings is 1. The van der Waals surface area contributed by atoms with Crippen molar-refractivity contribution >= 4 is 71.6 Å². The number of carboxylic acid groups (broad SMARTS) is 2. The number of alkyl halides is 7. The zero-order chi connectivity index (χ0) is 70.3. The van der Waals surface area contributed by atoms with Crippen LogP contribution in [-0.2, 0) is 40.9 Å². The Kier molecular flexibility index (Phi) is 24.7. The molecule has 0 spiro atoms. The number of benzene rings is 8. The van der Waals surface area contributed by atoms with Crippen molar-refractivity contribution in [3.05, 3.63) is 229 Å². The Bertz CT molecular complexity index is 3950. The summed E-state index contributed by atoms with van der Waals surface area (Å²) in [7, 11) is 0.0448. The van der Waals surface area contributed by atoms with Gasteiger partial charge in [-0.25, -0.2) is 18.8 Å². The molecule has 0 saturated heterocycles. The third-order valence-electron chi connectivity index (χ3n) is 14.6. The van der Waals surface area contributed by atoms with Crippen molar-refractivity contribution in [3.8, 4) is 16.4 Å². The minimum absolute atomic E-state index is 0.0146. The minimum Gasteiger partial charge on any atom is -0.544 e. The van der Waals surface area contributed by atoms with E-state index in [0.29, 0.717) is 6.07 Å². The molecule has 1 saturated carbocycles. The molecule has 0 amide bonds. The maximum atomic E-state index is 14.3. The highest BCUT2D eigenvalue weighted by atomic mass is 32.2. The fraction of sp³-hybridized carbons (Fsp3) is 0.284. The monoisotopic (exact) mass is 1370 g/mol. The van der Waals surface area contributed by atoms with Gasteiger partial charge in [-0.2, -0.15) is 30.7 Å². The summed E-state index contributed by atoms with van der Waals surface area (Å²) in [5, 5.41) is 24.1. The van der Waals surface area contributed by atoms with E-state index < -0.39 is 106 Å². The van der Waals surface area contributed by atoms with Crippen LogP contribution in [0.2, 0.25) is 0 Å². The summed E-state index contributed by atoms with van der Waals surface area (Å²) in [5.41, 5.74) is -4.28. The molecule has 12 nitrogen and oxygen atoms in total. The predicted octanol–water partition coefficient (Wildman–Crippen LogP) is 17.2. The topological polar surface area (TPSA) is 178 Å². The van der Waals surface area contributed by atoms with Crippen LogP contribution < -0.4 is 19.7 Å². The molecule has 2 atom stereocenters. The second kappa shape index (κ2) is 32.0. The van der Waals surface area contributed by atoms with E-state index in [0.717, 1.165) is 51.7 Å². The number of carboxylic acids is 2. The highest BCUT2D eigenvalue weighted by Crippen LogP contribution is 2.48. The average Bonchev–Trinajstić information content (AvgIpc) is 1.59. The molecular weight excluding hydrogens is 1300 g/mol. The molecule has 0 radical (unpaired) electrons. The summed E-state index contributed by atoms with van der Waals surface area (Å²) in [6.07, 6.45) is -7.78. The molecule has 8 aromatic carbocycles. The van der Waals surface area contributed by atoms with Crippen molar-refractivity contribution in [2.24, 2.45) is 11.8 Å². The van der Waals surface area contributed by atoms with Gasteiger partial charge in [-0.15, -0.1) is 0 Å². The van der Waals surface area contributed by atoms with Crippen molar-refractivity contribution in [3.63, 3.8) is 0 Å². The zero-order valence-corrected chi connectivity index (χ0v) is 55.1. The lowest BCUT2D eigenvalue weighted by molar-refractivity contribution is -0.338. The molecular formula is C74H70F8O12S2. The van der Waals surface area contributed by atoms with Gasteiger partial charge in [-0.05, 0) is 174 Å². The summed E-state index contributed by atoms with van der Waals surface area (Å²) < 4.78 is 136. The smallest absolute Gasteiger partial charge is 0.514 e. The number of rotatable bonds is 17. The standard InChI is InChI=1S/C19H21F5O7.C19H23F3O5.C18H13S.C18H15S/c1-9(2)13(18(20,21)15(26)27)30-14(25)10-6-7-12(11(8-10)19(22,23)24)29-16(28)31-17(3,4)5;1-11(2)15(19(21,22)17(24)25)26-16(23)12-6-7-14(13(20)10-12)27-18(3)8-4-5-9-18;1-2-8-14(9-3-1)19-17-12-6-4-10-15(17)16-11-5-7-13-18(16)19;1-4-10-16(11-5-1)19(17-12-6-2-7-13-17)18-14-8-3-9-15-18/h6-9,13H,1-5H3,(H,26,27);6-7,10-11,15H,4-5,8-9H2,1-3H3,(H,24,25);1-13H;1-15H/q;;2*+1/p-2. The summed E-state index contributed by atoms with van der Waals surface area (Å²) >= 11 is 0. The lowest BCUT2D eigenvalue weighted by Crippen LogP contribution is -2.53. The van der Waals surface area contributed by atoms with E-state index in [1.54, 1.807) is 0 Å². The van der Waals surface area contributed by atoms with Gasteiger partial charge >= 0.3 is 36.1 Å². The lowest BCUT2D eigenvalue weighted by Gasteiger charge is -2.30. The normalized spacial score (nSPS) is 13.6. The van der Waals surface area contributed by atoms with E-state index in [1.807, 2.05) is 6.92 Å². The largest absolute Gasteiger partial charge is 0.544 e. The zero-order valence-electron chi connectivity index (χ0n) is 53.5. The Morgan fingerprint density at radius 2 is 0.885 bits per heavy atom. The number of esters is 2. The van der Waals surface area contributed by atoms with Gasteiger partial charge < -0.3 is 43.5 Å². The van der Waals surface area contributed by atoms with Crippen LogP contribution in [0.5, 0.6) is 11.5 Å². The minimum atomic E-state index is -5.11. The second-order valence-electron chi connectivity index (χ2n) is 24.0. The molecule has 1 fully saturated rings. The van der Waals surface area contributed by atoms with Crippen molar-refractivity contribution < 1.29 is 93.0 Å². The first-order valence-corrected chi connectivity index (χ1v) is 32.8. The summed E-state index contributed by atoms with van der Waals surface area (Å²) in [6.45, 7) is 11.0. The molecule has 0 bridgehead atoms. The first-order chi connectivity index (χ1) is 45.2. The van der Waals surface area contributed by atoms with Crippen LogP contribution in [0.4, 0.5) is 39.9 Å². The quantitative estimate of drug-likeness (QED) is 0.0277. The van der Waals surface area contributed by atoms with Gasteiger partial charge in [0, 0.05) is 21.2 Å². The van der Waals surface area contributed by atoms with Crippen LogP contribution in [0.25, 0.3) is 25.1 Å². The first kappa shape index (κ1) is 74.1. The van der Waals surface area contributed by atoms with E-state index >= 15 is 0 Å². The molecule has 1 aliphatic rings. The highest BCUT2D eigenvalue weighted by Gasteiger charge is 2.48. The molecule has 10 rings (SSSR count). The van der Waals surface area contributed by atoms with Gasteiger partial charge in [0.1, 0.15) is 28.9 Å². The molecule has 9 aromatic rings. The Labute approximate surface area is 556 Å². The number of hydrogen-bond donors (Lipinski definition) is 0.